The Balaban J connectivity index is 2.59. The standard InChI is InChI=1S/C12H13NO5/c13-12(17)8-4-1-2-5-9(8)18-11(16)7-3-6-10(14)15/h1-2,4-5H,3,6-7H2,(H2,13,17)(H,14,15). The van der Waals surface area contributed by atoms with Gasteiger partial charge in [-0.1, -0.05) is 12.1 Å². The van der Waals surface area contributed by atoms with Gasteiger partial charge in [0.05, 0.1) is 5.56 Å². The van der Waals surface area contributed by atoms with Gasteiger partial charge in [0.15, 0.2) is 0 Å². The highest BCUT2D eigenvalue weighted by molar-refractivity contribution is 5.96. The summed E-state index contributed by atoms with van der Waals surface area (Å²) in [5.74, 6) is -2.17. The lowest BCUT2D eigenvalue weighted by Crippen LogP contribution is -2.15. The molecule has 0 aliphatic carbocycles. The third kappa shape index (κ3) is 4.25. The highest BCUT2D eigenvalue weighted by Gasteiger charge is 2.12. The largest absolute Gasteiger partial charge is 0.481 e. The lowest BCUT2D eigenvalue weighted by molar-refractivity contribution is -0.137. The highest BCUT2D eigenvalue weighted by atomic mass is 16.5. The van der Waals surface area contributed by atoms with E-state index in [0.717, 1.165) is 0 Å². The van der Waals surface area contributed by atoms with E-state index < -0.39 is 17.8 Å². The van der Waals surface area contributed by atoms with Crippen LogP contribution in [0.15, 0.2) is 24.3 Å². The molecule has 0 heterocycles. The third-order valence-corrected chi connectivity index (χ3v) is 2.15. The summed E-state index contributed by atoms with van der Waals surface area (Å²) in [6, 6.07) is 6.10. The van der Waals surface area contributed by atoms with Crippen molar-refractivity contribution in [3.05, 3.63) is 29.8 Å². The molecule has 0 saturated heterocycles. The van der Waals surface area contributed by atoms with Crippen molar-refractivity contribution in [3.63, 3.8) is 0 Å². The van der Waals surface area contributed by atoms with Gasteiger partial charge >= 0.3 is 11.9 Å². The van der Waals surface area contributed by atoms with E-state index >= 15 is 0 Å². The number of para-hydroxylation sites is 1. The van der Waals surface area contributed by atoms with Gasteiger partial charge in [0.1, 0.15) is 5.75 Å². The van der Waals surface area contributed by atoms with Crippen molar-refractivity contribution < 1.29 is 24.2 Å². The Morgan fingerprint density at radius 2 is 1.83 bits per heavy atom. The minimum absolute atomic E-state index is 0.0284. The number of nitrogens with two attached hydrogens (primary N) is 1. The van der Waals surface area contributed by atoms with Crippen LogP contribution in [-0.4, -0.2) is 23.0 Å². The third-order valence-electron chi connectivity index (χ3n) is 2.15. The molecule has 0 aliphatic rings. The number of hydrogen-bond donors (Lipinski definition) is 2. The van der Waals surface area contributed by atoms with Gasteiger partial charge < -0.3 is 15.6 Å². The van der Waals surface area contributed by atoms with Crippen LogP contribution in [0, 0.1) is 0 Å². The maximum Gasteiger partial charge on any atom is 0.311 e. The SMILES string of the molecule is NC(=O)c1ccccc1OC(=O)CCCC(=O)O. The molecule has 1 aromatic carbocycles. The molecule has 6 nitrogen and oxygen atoms in total. The molecule has 0 spiro atoms. The predicted octanol–water partition coefficient (Wildman–Crippen LogP) is 0.946. The van der Waals surface area contributed by atoms with E-state index in [0.29, 0.717) is 0 Å². The van der Waals surface area contributed by atoms with E-state index in [1.54, 1.807) is 12.1 Å². The summed E-state index contributed by atoms with van der Waals surface area (Å²) < 4.78 is 4.96. The second kappa shape index (κ2) is 6.39. The van der Waals surface area contributed by atoms with Gasteiger partial charge in [0.25, 0.3) is 5.91 Å². The van der Waals surface area contributed by atoms with Crippen LogP contribution in [0.3, 0.4) is 0 Å². The molecule has 0 saturated carbocycles. The van der Waals surface area contributed by atoms with Gasteiger partial charge in [-0.2, -0.15) is 0 Å². The zero-order chi connectivity index (χ0) is 13.5. The fraction of sp³-hybridized carbons (Fsp3) is 0.250. The van der Waals surface area contributed by atoms with Crippen molar-refractivity contribution in [1.82, 2.24) is 0 Å². The van der Waals surface area contributed by atoms with Gasteiger partial charge in [-0.15, -0.1) is 0 Å². The Morgan fingerprint density at radius 1 is 1.17 bits per heavy atom. The molecular weight excluding hydrogens is 238 g/mol. The molecule has 6 heteroatoms. The maximum absolute atomic E-state index is 11.4. The molecule has 0 fully saturated rings. The fourth-order valence-corrected chi connectivity index (χ4v) is 1.32. The summed E-state index contributed by atoms with van der Waals surface area (Å²) in [4.78, 5) is 32.7. The van der Waals surface area contributed by atoms with Crippen LogP contribution in [0.25, 0.3) is 0 Å². The number of ether oxygens (including phenoxy) is 1. The van der Waals surface area contributed by atoms with E-state index in [1.165, 1.54) is 12.1 Å². The second-order valence-electron chi connectivity index (χ2n) is 3.58. The molecule has 18 heavy (non-hydrogen) atoms. The van der Waals surface area contributed by atoms with Crippen molar-refractivity contribution >= 4 is 17.8 Å². The summed E-state index contributed by atoms with van der Waals surface area (Å²) in [6.45, 7) is 0. The van der Waals surface area contributed by atoms with Crippen LogP contribution < -0.4 is 10.5 Å². The molecule has 0 radical (unpaired) electrons. The van der Waals surface area contributed by atoms with Crippen LogP contribution in [0.2, 0.25) is 0 Å². The normalized spacial score (nSPS) is 9.78. The zero-order valence-corrected chi connectivity index (χ0v) is 9.59. The maximum atomic E-state index is 11.4. The average molecular weight is 251 g/mol. The fourth-order valence-electron chi connectivity index (χ4n) is 1.32. The molecule has 3 N–H and O–H groups in total. The first kappa shape index (κ1) is 13.7. The number of primary amides is 1. The molecule has 0 aromatic heterocycles. The number of rotatable bonds is 6. The van der Waals surface area contributed by atoms with Crippen LogP contribution in [0.4, 0.5) is 0 Å². The number of carbonyl (C=O) groups is 3. The van der Waals surface area contributed by atoms with E-state index in [4.69, 9.17) is 15.6 Å². The number of hydrogen-bond acceptors (Lipinski definition) is 4. The summed E-state index contributed by atoms with van der Waals surface area (Å²) in [6.07, 6.45) is 0.0544. The first-order valence-electron chi connectivity index (χ1n) is 5.32. The van der Waals surface area contributed by atoms with E-state index in [2.05, 4.69) is 0 Å². The van der Waals surface area contributed by atoms with Gasteiger partial charge in [0, 0.05) is 12.8 Å². The Hall–Kier alpha value is -2.37. The summed E-state index contributed by atoms with van der Waals surface area (Å²) >= 11 is 0. The van der Waals surface area contributed by atoms with E-state index in [1.807, 2.05) is 0 Å². The molecule has 0 bridgehead atoms. The lowest BCUT2D eigenvalue weighted by atomic mass is 10.2. The lowest BCUT2D eigenvalue weighted by Gasteiger charge is -2.07. The summed E-state index contributed by atoms with van der Waals surface area (Å²) in [5.41, 5.74) is 5.24. The first-order valence-corrected chi connectivity index (χ1v) is 5.32. The minimum atomic E-state index is -0.972. The van der Waals surface area contributed by atoms with Crippen molar-refractivity contribution in [2.75, 3.05) is 0 Å². The molecule has 1 rings (SSSR count). The predicted molar refractivity (Wildman–Crippen MR) is 62.1 cm³/mol. The monoisotopic (exact) mass is 251 g/mol. The van der Waals surface area contributed by atoms with Crippen LogP contribution in [0.1, 0.15) is 29.6 Å². The van der Waals surface area contributed by atoms with Crippen molar-refractivity contribution in [2.45, 2.75) is 19.3 Å². The molecule has 0 atom stereocenters. The van der Waals surface area contributed by atoms with Crippen molar-refractivity contribution in [2.24, 2.45) is 5.73 Å². The van der Waals surface area contributed by atoms with Crippen LogP contribution >= 0.6 is 0 Å². The number of carbonyl (C=O) groups excluding carboxylic acids is 2. The average Bonchev–Trinajstić information content (AvgIpc) is 2.28. The van der Waals surface area contributed by atoms with Gasteiger partial charge in [-0.3, -0.25) is 14.4 Å². The van der Waals surface area contributed by atoms with E-state index in [-0.39, 0.29) is 30.6 Å². The smallest absolute Gasteiger partial charge is 0.311 e. The Bertz CT molecular complexity index is 469. The van der Waals surface area contributed by atoms with Crippen molar-refractivity contribution in [3.8, 4) is 5.75 Å². The van der Waals surface area contributed by atoms with Crippen LogP contribution in [0.5, 0.6) is 5.75 Å². The number of aliphatic carboxylic acids is 1. The van der Waals surface area contributed by atoms with Gasteiger partial charge in [0.2, 0.25) is 0 Å². The van der Waals surface area contributed by atoms with Gasteiger partial charge in [-0.25, -0.2) is 0 Å². The summed E-state index contributed by atoms with van der Waals surface area (Å²) in [5, 5.41) is 8.42. The number of esters is 1. The molecular formula is C12H13NO5. The molecule has 1 aromatic rings. The quantitative estimate of drug-likeness (QED) is 0.578. The van der Waals surface area contributed by atoms with Crippen LogP contribution in [-0.2, 0) is 9.59 Å². The van der Waals surface area contributed by atoms with Gasteiger partial charge in [-0.05, 0) is 18.6 Å². The van der Waals surface area contributed by atoms with E-state index in [9.17, 15) is 14.4 Å². The Morgan fingerprint density at radius 3 is 2.44 bits per heavy atom. The topological polar surface area (TPSA) is 107 Å². The highest BCUT2D eigenvalue weighted by Crippen LogP contribution is 2.18. The number of carboxylic acid groups (broad SMARTS) is 1. The number of carboxylic acids is 1. The summed E-state index contributed by atoms with van der Waals surface area (Å²) in [7, 11) is 0. The molecule has 96 valence electrons. The van der Waals surface area contributed by atoms with Crippen molar-refractivity contribution in [1.29, 1.82) is 0 Å². The first-order chi connectivity index (χ1) is 8.50. The Labute approximate surface area is 103 Å². The molecule has 0 unspecified atom stereocenters. The molecule has 0 aliphatic heterocycles. The zero-order valence-electron chi connectivity index (χ0n) is 9.59. The minimum Gasteiger partial charge on any atom is -0.481 e. The molecule has 1 amide bonds. The number of amides is 1. The second-order valence-corrected chi connectivity index (χ2v) is 3.58. The Kier molecular flexibility index (Phi) is 4.86. The number of benzene rings is 1.